The van der Waals surface area contributed by atoms with Gasteiger partial charge in [-0.05, 0) is 41.7 Å². The number of rotatable bonds is 3. The molecule has 0 radical (unpaired) electrons. The van der Waals surface area contributed by atoms with E-state index in [9.17, 15) is 4.79 Å². The Bertz CT molecular complexity index is 686. The maximum Gasteiger partial charge on any atom is 0.224 e. The van der Waals surface area contributed by atoms with E-state index in [0.717, 1.165) is 29.1 Å². The summed E-state index contributed by atoms with van der Waals surface area (Å²) >= 11 is 9.97. The smallest absolute Gasteiger partial charge is 0.224 e. The molecule has 1 amide bonds. The Hall–Kier alpha value is -1.32. The summed E-state index contributed by atoms with van der Waals surface area (Å²) in [6.07, 6.45) is 2.21. The summed E-state index contributed by atoms with van der Waals surface area (Å²) in [4.78, 5) is 11.6. The second-order valence-electron chi connectivity index (χ2n) is 5.23. The first-order valence-corrected chi connectivity index (χ1v) is 8.23. The first-order chi connectivity index (χ1) is 10.1. The molecule has 0 saturated carbocycles. The Balaban J connectivity index is 1.81. The molecule has 1 atom stereocenters. The van der Waals surface area contributed by atoms with Crippen LogP contribution in [0, 0.1) is 0 Å². The number of hydrogen-bond acceptors (Lipinski definition) is 1. The van der Waals surface area contributed by atoms with Crippen LogP contribution in [0.25, 0.3) is 0 Å². The minimum Gasteiger partial charge on any atom is -0.326 e. The van der Waals surface area contributed by atoms with Crippen LogP contribution in [0.15, 0.2) is 42.5 Å². The quantitative estimate of drug-likeness (QED) is 0.771. The molecule has 0 aliphatic carbocycles. The molecule has 108 valence electrons. The second kappa shape index (κ2) is 6.20. The van der Waals surface area contributed by atoms with E-state index in [-0.39, 0.29) is 10.7 Å². The highest BCUT2D eigenvalue weighted by atomic mass is 79.9. The third-order valence-corrected chi connectivity index (χ3v) is 4.96. The highest BCUT2D eigenvalue weighted by Gasteiger charge is 2.17. The van der Waals surface area contributed by atoms with Gasteiger partial charge in [0, 0.05) is 22.0 Å². The average molecular weight is 365 g/mol. The van der Waals surface area contributed by atoms with Crippen molar-refractivity contribution in [2.75, 3.05) is 5.32 Å². The molecular formula is C17H15BrClNO. The van der Waals surface area contributed by atoms with Gasteiger partial charge >= 0.3 is 0 Å². The number of alkyl halides is 1. The molecule has 4 heteroatoms. The van der Waals surface area contributed by atoms with Gasteiger partial charge in [-0.1, -0.05) is 57.9 Å². The van der Waals surface area contributed by atoms with E-state index in [4.69, 9.17) is 11.6 Å². The summed E-state index contributed by atoms with van der Waals surface area (Å²) < 4.78 is 0. The molecule has 3 rings (SSSR count). The third kappa shape index (κ3) is 3.30. The number of benzene rings is 2. The SMILES string of the molecule is O=C1CCc2cc(C(Br)Cc3ccccc3Cl)ccc2N1. The molecule has 0 bridgehead atoms. The van der Waals surface area contributed by atoms with Gasteiger partial charge in [0.15, 0.2) is 0 Å². The fourth-order valence-corrected chi connectivity index (χ4v) is 3.42. The van der Waals surface area contributed by atoms with Gasteiger partial charge in [-0.3, -0.25) is 4.79 Å². The molecule has 1 N–H and O–H groups in total. The Labute approximate surface area is 137 Å². The fourth-order valence-electron chi connectivity index (χ4n) is 2.57. The number of aryl methyl sites for hydroxylation is 1. The molecule has 1 aliphatic heterocycles. The molecule has 0 fully saturated rings. The van der Waals surface area contributed by atoms with Gasteiger partial charge in [0.2, 0.25) is 5.91 Å². The van der Waals surface area contributed by atoms with Gasteiger partial charge < -0.3 is 5.32 Å². The number of carbonyl (C=O) groups excluding carboxylic acids is 1. The van der Waals surface area contributed by atoms with E-state index >= 15 is 0 Å². The van der Waals surface area contributed by atoms with Gasteiger partial charge in [-0.2, -0.15) is 0 Å². The van der Waals surface area contributed by atoms with Crippen molar-refractivity contribution in [3.05, 3.63) is 64.2 Å². The lowest BCUT2D eigenvalue weighted by atomic mass is 9.97. The topological polar surface area (TPSA) is 29.1 Å². The lowest BCUT2D eigenvalue weighted by Crippen LogP contribution is -2.19. The van der Waals surface area contributed by atoms with Crippen LogP contribution in [0.2, 0.25) is 5.02 Å². The van der Waals surface area contributed by atoms with E-state index in [1.165, 1.54) is 11.1 Å². The van der Waals surface area contributed by atoms with Crippen molar-refractivity contribution in [2.24, 2.45) is 0 Å². The van der Waals surface area contributed by atoms with E-state index in [0.29, 0.717) is 6.42 Å². The maximum atomic E-state index is 11.4. The van der Waals surface area contributed by atoms with E-state index in [2.05, 4.69) is 39.4 Å². The maximum absolute atomic E-state index is 11.4. The molecule has 21 heavy (non-hydrogen) atoms. The highest BCUT2D eigenvalue weighted by molar-refractivity contribution is 9.09. The predicted molar refractivity (Wildman–Crippen MR) is 90.2 cm³/mol. The second-order valence-corrected chi connectivity index (χ2v) is 6.74. The van der Waals surface area contributed by atoms with Crippen LogP contribution >= 0.6 is 27.5 Å². The summed E-state index contributed by atoms with van der Waals surface area (Å²) in [5.74, 6) is 0.0988. The third-order valence-electron chi connectivity index (χ3n) is 3.74. The highest BCUT2D eigenvalue weighted by Crippen LogP contribution is 2.33. The summed E-state index contributed by atoms with van der Waals surface area (Å²) in [5, 5.41) is 3.71. The van der Waals surface area contributed by atoms with E-state index in [1.54, 1.807) is 0 Å². The van der Waals surface area contributed by atoms with Crippen LogP contribution in [0.5, 0.6) is 0 Å². The number of fused-ring (bicyclic) bond motifs is 1. The largest absolute Gasteiger partial charge is 0.326 e. The van der Waals surface area contributed by atoms with Crippen molar-refractivity contribution >= 4 is 39.1 Å². The molecule has 0 aromatic heterocycles. The van der Waals surface area contributed by atoms with Gasteiger partial charge in [-0.15, -0.1) is 0 Å². The number of amides is 1. The zero-order valence-corrected chi connectivity index (χ0v) is 13.7. The average Bonchev–Trinajstić information content (AvgIpc) is 2.49. The Morgan fingerprint density at radius 3 is 2.81 bits per heavy atom. The molecule has 1 aliphatic rings. The first-order valence-electron chi connectivity index (χ1n) is 6.93. The van der Waals surface area contributed by atoms with Crippen molar-refractivity contribution in [3.63, 3.8) is 0 Å². The van der Waals surface area contributed by atoms with Crippen molar-refractivity contribution in [1.82, 2.24) is 0 Å². The Morgan fingerprint density at radius 1 is 1.19 bits per heavy atom. The molecule has 1 heterocycles. The van der Waals surface area contributed by atoms with Crippen LogP contribution < -0.4 is 5.32 Å². The first kappa shape index (κ1) is 14.6. The Kier molecular flexibility index (Phi) is 4.32. The van der Waals surface area contributed by atoms with Gasteiger partial charge in [0.05, 0.1) is 0 Å². The number of anilines is 1. The van der Waals surface area contributed by atoms with Gasteiger partial charge in [-0.25, -0.2) is 0 Å². The van der Waals surface area contributed by atoms with Crippen LogP contribution in [0.4, 0.5) is 5.69 Å². The number of hydrogen-bond donors (Lipinski definition) is 1. The minimum absolute atomic E-state index is 0.0988. The number of nitrogens with one attached hydrogen (secondary N) is 1. The normalized spacial score (nSPS) is 15.2. The van der Waals surface area contributed by atoms with E-state index in [1.807, 2.05) is 24.3 Å². The molecule has 2 nitrogen and oxygen atoms in total. The fraction of sp³-hybridized carbons (Fsp3) is 0.235. The molecule has 0 spiro atoms. The molecular weight excluding hydrogens is 350 g/mol. The number of carbonyl (C=O) groups is 1. The van der Waals surface area contributed by atoms with Crippen LogP contribution in [-0.4, -0.2) is 5.91 Å². The lowest BCUT2D eigenvalue weighted by molar-refractivity contribution is -0.116. The standard InChI is InChI=1S/C17H15BrClNO/c18-14(10-12-3-1-2-4-15(12)19)11-5-7-16-13(9-11)6-8-17(21)20-16/h1-5,7,9,14H,6,8,10H2,(H,20,21). The van der Waals surface area contributed by atoms with E-state index < -0.39 is 0 Å². The van der Waals surface area contributed by atoms with Crippen molar-refractivity contribution in [2.45, 2.75) is 24.1 Å². The summed E-state index contributed by atoms with van der Waals surface area (Å²) in [7, 11) is 0. The van der Waals surface area contributed by atoms with Crippen LogP contribution in [0.1, 0.15) is 27.9 Å². The minimum atomic E-state index is 0.0988. The van der Waals surface area contributed by atoms with Crippen LogP contribution in [0.3, 0.4) is 0 Å². The molecule has 2 aromatic rings. The lowest BCUT2D eigenvalue weighted by Gasteiger charge is -2.19. The molecule has 2 aromatic carbocycles. The molecule has 1 unspecified atom stereocenters. The monoisotopic (exact) mass is 363 g/mol. The number of halogens is 2. The van der Waals surface area contributed by atoms with Crippen LogP contribution in [-0.2, 0) is 17.6 Å². The van der Waals surface area contributed by atoms with Gasteiger partial charge in [0.1, 0.15) is 0 Å². The Morgan fingerprint density at radius 2 is 2.00 bits per heavy atom. The zero-order valence-electron chi connectivity index (χ0n) is 11.4. The zero-order chi connectivity index (χ0) is 14.8. The summed E-state index contributed by atoms with van der Waals surface area (Å²) in [5.41, 5.74) is 4.49. The van der Waals surface area contributed by atoms with Crippen molar-refractivity contribution < 1.29 is 4.79 Å². The van der Waals surface area contributed by atoms with Crippen molar-refractivity contribution in [3.8, 4) is 0 Å². The van der Waals surface area contributed by atoms with Gasteiger partial charge in [0.25, 0.3) is 0 Å². The summed E-state index contributed by atoms with van der Waals surface area (Å²) in [6.45, 7) is 0. The predicted octanol–water partition coefficient (Wildman–Crippen LogP) is 4.90. The van der Waals surface area contributed by atoms with Crippen molar-refractivity contribution in [1.29, 1.82) is 0 Å². The summed E-state index contributed by atoms with van der Waals surface area (Å²) in [6, 6.07) is 14.1. The molecule has 0 saturated heterocycles.